The molecule has 0 radical (unpaired) electrons. The molecule has 120 valence electrons. The minimum Gasteiger partial charge on any atom is -0.341 e. The van der Waals surface area contributed by atoms with Crippen molar-refractivity contribution in [3.8, 4) is 0 Å². The molecule has 4 heteroatoms. The number of nitrogens with zero attached hydrogens (tertiary/aromatic N) is 2. The van der Waals surface area contributed by atoms with E-state index in [0.717, 1.165) is 26.2 Å². The molecule has 0 spiro atoms. The van der Waals surface area contributed by atoms with E-state index in [1.54, 1.807) is 0 Å². The minimum absolute atomic E-state index is 0.215. The van der Waals surface area contributed by atoms with Crippen molar-refractivity contribution in [2.75, 3.05) is 39.3 Å². The summed E-state index contributed by atoms with van der Waals surface area (Å²) >= 11 is 0. The lowest BCUT2D eigenvalue weighted by molar-refractivity contribution is -0.142. The molecule has 2 unspecified atom stereocenters. The van der Waals surface area contributed by atoms with Crippen LogP contribution in [-0.4, -0.2) is 61.0 Å². The van der Waals surface area contributed by atoms with Gasteiger partial charge in [-0.05, 0) is 64.2 Å². The number of carbonyl (C=O) groups excluding carboxylic acids is 1. The third-order valence-electron chi connectivity index (χ3n) is 5.98. The molecule has 1 amide bonds. The molecule has 3 fully saturated rings. The van der Waals surface area contributed by atoms with Gasteiger partial charge in [-0.15, -0.1) is 0 Å². The number of hydrogen-bond acceptors (Lipinski definition) is 3. The average molecular weight is 293 g/mol. The van der Waals surface area contributed by atoms with Crippen molar-refractivity contribution >= 4 is 5.91 Å². The molecule has 1 N–H and O–H groups in total. The normalized spacial score (nSPS) is 31.8. The predicted molar refractivity (Wildman–Crippen MR) is 85.2 cm³/mol. The Balaban J connectivity index is 1.59. The first-order valence-electron chi connectivity index (χ1n) is 8.83. The number of nitrogens with one attached hydrogen (secondary N) is 1. The number of carbonyl (C=O) groups is 1. The number of rotatable bonds is 3. The van der Waals surface area contributed by atoms with Gasteiger partial charge in [0.2, 0.25) is 5.91 Å². The molecule has 0 aliphatic carbocycles. The molecule has 4 nitrogen and oxygen atoms in total. The van der Waals surface area contributed by atoms with E-state index < -0.39 is 0 Å². The van der Waals surface area contributed by atoms with E-state index in [0.29, 0.717) is 17.9 Å². The predicted octanol–water partition coefficient (Wildman–Crippen LogP) is 1.71. The highest BCUT2D eigenvalue weighted by molar-refractivity contribution is 5.82. The SMILES string of the molecule is CC(C)(C(=O)N1CCC(N2CCCC2)C1)C1CCCNC1. The summed E-state index contributed by atoms with van der Waals surface area (Å²) < 4.78 is 0. The maximum atomic E-state index is 13.0. The Hall–Kier alpha value is -0.610. The Bertz CT molecular complexity index is 370. The summed E-state index contributed by atoms with van der Waals surface area (Å²) in [6, 6.07) is 0.622. The quantitative estimate of drug-likeness (QED) is 0.860. The van der Waals surface area contributed by atoms with Crippen LogP contribution in [0.3, 0.4) is 0 Å². The summed E-state index contributed by atoms with van der Waals surface area (Å²) in [5.74, 6) is 0.877. The second-order valence-electron chi connectivity index (χ2n) is 7.70. The Morgan fingerprint density at radius 3 is 2.52 bits per heavy atom. The van der Waals surface area contributed by atoms with Gasteiger partial charge in [-0.2, -0.15) is 0 Å². The van der Waals surface area contributed by atoms with E-state index in [4.69, 9.17) is 0 Å². The van der Waals surface area contributed by atoms with Crippen LogP contribution >= 0.6 is 0 Å². The van der Waals surface area contributed by atoms with Gasteiger partial charge in [-0.3, -0.25) is 9.69 Å². The molecule has 0 saturated carbocycles. The number of hydrogen-bond donors (Lipinski definition) is 1. The van der Waals surface area contributed by atoms with Crippen LogP contribution in [0.15, 0.2) is 0 Å². The van der Waals surface area contributed by atoms with Crippen LogP contribution in [-0.2, 0) is 4.79 Å². The van der Waals surface area contributed by atoms with E-state index in [9.17, 15) is 4.79 Å². The summed E-state index contributed by atoms with van der Waals surface area (Å²) in [5.41, 5.74) is -0.215. The zero-order chi connectivity index (χ0) is 14.9. The first-order valence-corrected chi connectivity index (χ1v) is 8.83. The summed E-state index contributed by atoms with van der Waals surface area (Å²) in [4.78, 5) is 17.8. The molecule has 2 atom stereocenters. The van der Waals surface area contributed by atoms with Gasteiger partial charge in [-0.1, -0.05) is 13.8 Å². The van der Waals surface area contributed by atoms with Crippen LogP contribution in [0.25, 0.3) is 0 Å². The van der Waals surface area contributed by atoms with Crippen molar-refractivity contribution in [1.29, 1.82) is 0 Å². The fourth-order valence-electron chi connectivity index (χ4n) is 4.38. The zero-order valence-electron chi connectivity index (χ0n) is 13.7. The highest BCUT2D eigenvalue weighted by Gasteiger charge is 2.42. The second kappa shape index (κ2) is 6.25. The topological polar surface area (TPSA) is 35.6 Å². The first kappa shape index (κ1) is 15.3. The fourth-order valence-corrected chi connectivity index (χ4v) is 4.38. The first-order chi connectivity index (χ1) is 10.1. The number of piperidine rings is 1. The van der Waals surface area contributed by atoms with E-state index in [1.807, 2.05) is 0 Å². The average Bonchev–Trinajstić information content (AvgIpc) is 3.18. The van der Waals surface area contributed by atoms with Crippen molar-refractivity contribution < 1.29 is 4.79 Å². The Morgan fingerprint density at radius 2 is 1.86 bits per heavy atom. The van der Waals surface area contributed by atoms with Gasteiger partial charge in [0.05, 0.1) is 0 Å². The van der Waals surface area contributed by atoms with Gasteiger partial charge in [0, 0.05) is 24.5 Å². The van der Waals surface area contributed by atoms with Crippen LogP contribution in [0.1, 0.15) is 46.0 Å². The molecule has 0 aromatic heterocycles. The van der Waals surface area contributed by atoms with Crippen LogP contribution in [0.4, 0.5) is 0 Å². The molecular formula is C17H31N3O. The van der Waals surface area contributed by atoms with Crippen molar-refractivity contribution in [3.63, 3.8) is 0 Å². The molecule has 3 rings (SSSR count). The Kier molecular flexibility index (Phi) is 4.55. The van der Waals surface area contributed by atoms with Crippen molar-refractivity contribution in [3.05, 3.63) is 0 Å². The highest BCUT2D eigenvalue weighted by Crippen LogP contribution is 2.35. The van der Waals surface area contributed by atoms with E-state index in [2.05, 4.69) is 29.0 Å². The smallest absolute Gasteiger partial charge is 0.228 e. The van der Waals surface area contributed by atoms with Crippen molar-refractivity contribution in [2.24, 2.45) is 11.3 Å². The Morgan fingerprint density at radius 1 is 1.10 bits per heavy atom. The molecule has 3 saturated heterocycles. The molecule has 3 heterocycles. The second-order valence-corrected chi connectivity index (χ2v) is 7.70. The molecule has 21 heavy (non-hydrogen) atoms. The van der Waals surface area contributed by atoms with E-state index in [1.165, 1.54) is 45.2 Å². The molecule has 0 aromatic rings. The minimum atomic E-state index is -0.215. The van der Waals surface area contributed by atoms with Crippen LogP contribution in [0, 0.1) is 11.3 Å². The summed E-state index contributed by atoms with van der Waals surface area (Å²) in [6.07, 6.45) is 6.24. The highest BCUT2D eigenvalue weighted by atomic mass is 16.2. The summed E-state index contributed by atoms with van der Waals surface area (Å²) in [5, 5.41) is 3.46. The molecular weight excluding hydrogens is 262 g/mol. The van der Waals surface area contributed by atoms with Gasteiger partial charge >= 0.3 is 0 Å². The van der Waals surface area contributed by atoms with E-state index in [-0.39, 0.29) is 5.41 Å². The number of likely N-dealkylation sites (tertiary alicyclic amines) is 2. The van der Waals surface area contributed by atoms with E-state index >= 15 is 0 Å². The van der Waals surface area contributed by atoms with Crippen molar-refractivity contribution in [2.45, 2.75) is 52.0 Å². The lowest BCUT2D eigenvalue weighted by Gasteiger charge is -2.38. The number of amides is 1. The van der Waals surface area contributed by atoms with Gasteiger partial charge in [0.1, 0.15) is 0 Å². The van der Waals surface area contributed by atoms with Crippen LogP contribution in [0.5, 0.6) is 0 Å². The monoisotopic (exact) mass is 293 g/mol. The Labute approximate surface area is 129 Å². The van der Waals surface area contributed by atoms with Crippen LogP contribution < -0.4 is 5.32 Å². The lowest BCUT2D eigenvalue weighted by atomic mass is 9.74. The maximum Gasteiger partial charge on any atom is 0.228 e. The maximum absolute atomic E-state index is 13.0. The third kappa shape index (κ3) is 3.11. The molecule has 0 aromatic carbocycles. The molecule has 3 aliphatic heterocycles. The standard InChI is InChI=1S/C17H31N3O/c1-17(2,14-6-5-8-18-12-14)16(21)20-11-7-15(13-20)19-9-3-4-10-19/h14-15,18H,3-13H2,1-2H3. The van der Waals surface area contributed by atoms with Crippen molar-refractivity contribution in [1.82, 2.24) is 15.1 Å². The lowest BCUT2D eigenvalue weighted by Crippen LogP contribution is -2.49. The van der Waals surface area contributed by atoms with Gasteiger partial charge in [-0.25, -0.2) is 0 Å². The third-order valence-corrected chi connectivity index (χ3v) is 5.98. The summed E-state index contributed by atoms with van der Waals surface area (Å²) in [6.45, 7) is 10.8. The van der Waals surface area contributed by atoms with Crippen LogP contribution in [0.2, 0.25) is 0 Å². The van der Waals surface area contributed by atoms with Gasteiger partial charge < -0.3 is 10.2 Å². The van der Waals surface area contributed by atoms with Gasteiger partial charge in [0.25, 0.3) is 0 Å². The summed E-state index contributed by atoms with van der Waals surface area (Å²) in [7, 11) is 0. The van der Waals surface area contributed by atoms with Gasteiger partial charge in [0.15, 0.2) is 0 Å². The molecule has 0 bridgehead atoms. The molecule has 3 aliphatic rings. The fraction of sp³-hybridized carbons (Fsp3) is 0.941. The zero-order valence-corrected chi connectivity index (χ0v) is 13.7. The largest absolute Gasteiger partial charge is 0.341 e.